The van der Waals surface area contributed by atoms with Crippen LogP contribution in [0.1, 0.15) is 20.8 Å². The zero-order valence-electron chi connectivity index (χ0n) is 8.41. The van der Waals surface area contributed by atoms with E-state index < -0.39 is 0 Å². The molecular formula is C9H19N3. The van der Waals surface area contributed by atoms with Crippen LogP contribution in [0.15, 0.2) is 4.99 Å². The Bertz CT molecular complexity index is 188. The molecule has 1 aliphatic rings. The van der Waals surface area contributed by atoms with E-state index in [1.807, 2.05) is 0 Å². The van der Waals surface area contributed by atoms with Gasteiger partial charge in [-0.1, -0.05) is 13.8 Å². The molecule has 70 valence electrons. The number of likely N-dealkylation sites (tertiary alicyclic amines) is 1. The van der Waals surface area contributed by atoms with Crippen molar-refractivity contribution in [2.24, 2.45) is 22.6 Å². The van der Waals surface area contributed by atoms with Crippen LogP contribution in [0.25, 0.3) is 0 Å². The molecule has 3 nitrogen and oxygen atoms in total. The van der Waals surface area contributed by atoms with E-state index in [1.54, 1.807) is 7.05 Å². The highest BCUT2D eigenvalue weighted by atomic mass is 15.3. The first-order chi connectivity index (χ1) is 5.57. The molecule has 1 fully saturated rings. The van der Waals surface area contributed by atoms with Crippen molar-refractivity contribution in [1.29, 1.82) is 0 Å². The molecule has 0 bridgehead atoms. The van der Waals surface area contributed by atoms with Crippen LogP contribution in [0.2, 0.25) is 0 Å². The third kappa shape index (κ3) is 1.40. The van der Waals surface area contributed by atoms with Crippen molar-refractivity contribution in [2.75, 3.05) is 13.6 Å². The minimum Gasteiger partial charge on any atom is -0.370 e. The maximum Gasteiger partial charge on any atom is 0.191 e. The van der Waals surface area contributed by atoms with Gasteiger partial charge in [0.05, 0.1) is 0 Å². The first-order valence-electron chi connectivity index (χ1n) is 4.56. The molecule has 1 saturated heterocycles. The lowest BCUT2D eigenvalue weighted by atomic mass is 9.95. The molecule has 0 spiro atoms. The van der Waals surface area contributed by atoms with Crippen molar-refractivity contribution in [1.82, 2.24) is 4.90 Å². The number of guanidine groups is 1. The Morgan fingerprint density at radius 3 is 2.33 bits per heavy atom. The van der Waals surface area contributed by atoms with Crippen LogP contribution in [0.3, 0.4) is 0 Å². The average molecular weight is 169 g/mol. The van der Waals surface area contributed by atoms with Crippen LogP contribution >= 0.6 is 0 Å². The van der Waals surface area contributed by atoms with Crippen LogP contribution in [0, 0.1) is 11.8 Å². The van der Waals surface area contributed by atoms with Gasteiger partial charge in [-0.3, -0.25) is 4.99 Å². The third-order valence-electron chi connectivity index (χ3n) is 3.16. The molecule has 0 saturated carbocycles. The van der Waals surface area contributed by atoms with E-state index in [0.717, 1.165) is 12.5 Å². The Hall–Kier alpha value is -0.730. The highest BCUT2D eigenvalue weighted by Gasteiger charge is 2.34. The van der Waals surface area contributed by atoms with Crippen molar-refractivity contribution in [3.05, 3.63) is 0 Å². The fraction of sp³-hybridized carbons (Fsp3) is 0.889. The van der Waals surface area contributed by atoms with Crippen molar-refractivity contribution >= 4 is 5.96 Å². The molecule has 0 aliphatic carbocycles. The van der Waals surface area contributed by atoms with Gasteiger partial charge in [-0.05, 0) is 18.8 Å². The molecule has 3 unspecified atom stereocenters. The van der Waals surface area contributed by atoms with Gasteiger partial charge < -0.3 is 10.6 Å². The summed E-state index contributed by atoms with van der Waals surface area (Å²) in [5.74, 6) is 2.12. The lowest BCUT2D eigenvalue weighted by Gasteiger charge is -2.23. The Labute approximate surface area is 74.6 Å². The number of hydrogen-bond donors (Lipinski definition) is 1. The summed E-state index contributed by atoms with van der Waals surface area (Å²) in [5.41, 5.74) is 5.77. The van der Waals surface area contributed by atoms with E-state index in [0.29, 0.717) is 17.9 Å². The zero-order chi connectivity index (χ0) is 9.30. The third-order valence-corrected chi connectivity index (χ3v) is 3.16. The van der Waals surface area contributed by atoms with Crippen LogP contribution in [0.5, 0.6) is 0 Å². The second-order valence-corrected chi connectivity index (χ2v) is 3.81. The van der Waals surface area contributed by atoms with Crippen LogP contribution in [-0.2, 0) is 0 Å². The number of hydrogen-bond acceptors (Lipinski definition) is 1. The molecule has 1 heterocycles. The summed E-state index contributed by atoms with van der Waals surface area (Å²) in [6, 6.07) is 0.531. The van der Waals surface area contributed by atoms with Crippen molar-refractivity contribution in [2.45, 2.75) is 26.8 Å². The van der Waals surface area contributed by atoms with Crippen LogP contribution < -0.4 is 5.73 Å². The Morgan fingerprint density at radius 2 is 2.00 bits per heavy atom. The van der Waals surface area contributed by atoms with E-state index in [-0.39, 0.29) is 0 Å². The normalized spacial score (nSPS) is 37.5. The summed E-state index contributed by atoms with van der Waals surface area (Å²) in [4.78, 5) is 6.20. The molecule has 12 heavy (non-hydrogen) atoms. The molecule has 3 heteroatoms. The number of nitrogens with zero attached hydrogens (tertiary/aromatic N) is 2. The van der Waals surface area contributed by atoms with Gasteiger partial charge in [0.1, 0.15) is 0 Å². The molecule has 0 radical (unpaired) electrons. The van der Waals surface area contributed by atoms with Gasteiger partial charge in [0, 0.05) is 19.6 Å². The maximum atomic E-state index is 5.77. The first-order valence-corrected chi connectivity index (χ1v) is 4.56. The van der Waals surface area contributed by atoms with Crippen molar-refractivity contribution in [3.8, 4) is 0 Å². The highest BCUT2D eigenvalue weighted by molar-refractivity contribution is 5.78. The molecule has 3 atom stereocenters. The van der Waals surface area contributed by atoms with E-state index in [2.05, 4.69) is 30.7 Å². The van der Waals surface area contributed by atoms with Gasteiger partial charge in [0.2, 0.25) is 0 Å². The predicted octanol–water partition coefficient (Wildman–Crippen LogP) is 0.907. The largest absolute Gasteiger partial charge is 0.370 e. The fourth-order valence-electron chi connectivity index (χ4n) is 1.83. The second-order valence-electron chi connectivity index (χ2n) is 3.81. The predicted molar refractivity (Wildman–Crippen MR) is 52.0 cm³/mol. The molecule has 0 aromatic rings. The van der Waals surface area contributed by atoms with Crippen molar-refractivity contribution < 1.29 is 0 Å². The Kier molecular flexibility index (Phi) is 2.60. The van der Waals surface area contributed by atoms with E-state index >= 15 is 0 Å². The molecular weight excluding hydrogens is 150 g/mol. The summed E-state index contributed by atoms with van der Waals surface area (Å²) in [6.45, 7) is 7.81. The second kappa shape index (κ2) is 3.33. The summed E-state index contributed by atoms with van der Waals surface area (Å²) in [6.07, 6.45) is 0. The van der Waals surface area contributed by atoms with Gasteiger partial charge in [0.15, 0.2) is 5.96 Å². The number of nitrogens with two attached hydrogens (primary N) is 1. The monoisotopic (exact) mass is 169 g/mol. The summed E-state index contributed by atoms with van der Waals surface area (Å²) >= 11 is 0. The molecule has 0 aromatic heterocycles. The molecule has 2 N–H and O–H groups in total. The summed E-state index contributed by atoms with van der Waals surface area (Å²) in [7, 11) is 1.75. The highest BCUT2D eigenvalue weighted by Crippen LogP contribution is 2.28. The van der Waals surface area contributed by atoms with Gasteiger partial charge in [-0.25, -0.2) is 0 Å². The number of aliphatic imine (C=N–C) groups is 1. The SMILES string of the molecule is CN=C(N)N1CC(C)C(C)C1C. The van der Waals surface area contributed by atoms with Gasteiger partial charge >= 0.3 is 0 Å². The maximum absolute atomic E-state index is 5.77. The summed E-state index contributed by atoms with van der Waals surface area (Å²) in [5, 5.41) is 0. The smallest absolute Gasteiger partial charge is 0.191 e. The summed E-state index contributed by atoms with van der Waals surface area (Å²) < 4.78 is 0. The van der Waals surface area contributed by atoms with Gasteiger partial charge in [-0.15, -0.1) is 0 Å². The van der Waals surface area contributed by atoms with E-state index in [9.17, 15) is 0 Å². The topological polar surface area (TPSA) is 41.6 Å². The lowest BCUT2D eigenvalue weighted by Crippen LogP contribution is -2.40. The minimum absolute atomic E-state index is 0.531. The molecule has 0 aromatic carbocycles. The molecule has 1 aliphatic heterocycles. The minimum atomic E-state index is 0.531. The zero-order valence-corrected chi connectivity index (χ0v) is 8.41. The first kappa shape index (κ1) is 9.36. The molecule has 1 rings (SSSR count). The van der Waals surface area contributed by atoms with Gasteiger partial charge in [-0.2, -0.15) is 0 Å². The Morgan fingerprint density at radius 1 is 1.42 bits per heavy atom. The van der Waals surface area contributed by atoms with Crippen molar-refractivity contribution in [3.63, 3.8) is 0 Å². The standard InChI is InChI=1S/C9H19N3/c1-6-5-12(9(10)11-4)8(3)7(6)2/h6-8H,5H2,1-4H3,(H2,10,11). The lowest BCUT2D eigenvalue weighted by molar-refractivity contribution is 0.362. The quantitative estimate of drug-likeness (QED) is 0.432. The van der Waals surface area contributed by atoms with Gasteiger partial charge in [0.25, 0.3) is 0 Å². The van der Waals surface area contributed by atoms with E-state index in [1.165, 1.54) is 0 Å². The van der Waals surface area contributed by atoms with Crippen LogP contribution in [-0.4, -0.2) is 30.5 Å². The van der Waals surface area contributed by atoms with E-state index in [4.69, 9.17) is 5.73 Å². The van der Waals surface area contributed by atoms with Crippen LogP contribution in [0.4, 0.5) is 0 Å². The Balaban J connectivity index is 2.71. The fourth-order valence-corrected chi connectivity index (χ4v) is 1.83. The average Bonchev–Trinajstić information content (AvgIpc) is 2.32. The molecule has 0 amide bonds. The number of rotatable bonds is 0.